The molecule has 0 amide bonds. The lowest BCUT2D eigenvalue weighted by molar-refractivity contribution is 0.0972. The number of nitrogens with zero attached hydrogens (tertiary/aromatic N) is 1. The number of carbonyl (C=O) groups excluding carboxylic acids is 1. The van der Waals surface area contributed by atoms with Gasteiger partial charge in [0.25, 0.3) is 5.91 Å². The van der Waals surface area contributed by atoms with E-state index >= 15 is 0 Å². The van der Waals surface area contributed by atoms with Crippen LogP contribution in [0.25, 0.3) is 16.3 Å². The third-order valence-corrected chi connectivity index (χ3v) is 5.20. The zero-order valence-electron chi connectivity index (χ0n) is 14.5. The summed E-state index contributed by atoms with van der Waals surface area (Å²) in [7, 11) is 0. The predicted molar refractivity (Wildman–Crippen MR) is 114 cm³/mol. The zero-order valence-corrected chi connectivity index (χ0v) is 16.1. The molecule has 0 aliphatic carbocycles. The molecule has 0 radical (unpaired) electrons. The molecule has 0 fully saturated rings. The number of rotatable bonds is 4. The lowest BCUT2D eigenvalue weighted by atomic mass is 10.2. The van der Waals surface area contributed by atoms with Gasteiger partial charge in [-0.25, -0.2) is 4.57 Å². The highest BCUT2D eigenvalue weighted by molar-refractivity contribution is 7.16. The third-order valence-electron chi connectivity index (χ3n) is 4.06. The summed E-state index contributed by atoms with van der Waals surface area (Å²) in [5.74, 6) is 0.895. The Morgan fingerprint density at radius 3 is 2.57 bits per heavy atom. The highest BCUT2D eigenvalue weighted by Gasteiger charge is 2.13. The number of hydrogen-bond acceptors (Lipinski definition) is 4. The van der Waals surface area contributed by atoms with Crippen LogP contribution in [0.5, 0.6) is 11.5 Å². The maximum atomic E-state index is 12.7. The van der Waals surface area contributed by atoms with E-state index in [2.05, 4.69) is 0 Å². The molecule has 4 rings (SSSR count). The first-order valence-electron chi connectivity index (χ1n) is 8.47. The van der Waals surface area contributed by atoms with E-state index in [0.29, 0.717) is 26.7 Å². The molecule has 28 heavy (non-hydrogen) atoms. The van der Waals surface area contributed by atoms with Crippen LogP contribution in [-0.2, 0) is 0 Å². The van der Waals surface area contributed by atoms with Gasteiger partial charge in [0.2, 0.25) is 0 Å². The van der Waals surface area contributed by atoms with Crippen LogP contribution in [0.2, 0.25) is 5.02 Å². The van der Waals surface area contributed by atoms with Gasteiger partial charge in [0.05, 0.1) is 10.2 Å². The van der Waals surface area contributed by atoms with Gasteiger partial charge >= 0.3 is 4.87 Å². The second kappa shape index (κ2) is 7.84. The van der Waals surface area contributed by atoms with Gasteiger partial charge < -0.3 is 4.74 Å². The van der Waals surface area contributed by atoms with Crippen LogP contribution in [-0.4, -0.2) is 10.5 Å². The zero-order chi connectivity index (χ0) is 19.5. The molecule has 6 heteroatoms. The van der Waals surface area contributed by atoms with Crippen LogP contribution >= 0.6 is 22.9 Å². The summed E-state index contributed by atoms with van der Waals surface area (Å²) >= 11 is 6.96. The molecule has 0 atom stereocenters. The van der Waals surface area contributed by atoms with Crippen molar-refractivity contribution < 1.29 is 9.53 Å². The van der Waals surface area contributed by atoms with E-state index in [9.17, 15) is 9.59 Å². The minimum atomic E-state index is -0.423. The number of para-hydroxylation sites is 2. The molecule has 3 aromatic carbocycles. The summed E-state index contributed by atoms with van der Waals surface area (Å²) in [4.78, 5) is 24.6. The fourth-order valence-electron chi connectivity index (χ4n) is 2.76. The number of halogens is 1. The summed E-state index contributed by atoms with van der Waals surface area (Å²) in [5.41, 5.74) is 1.28. The van der Waals surface area contributed by atoms with Gasteiger partial charge in [-0.15, -0.1) is 0 Å². The average Bonchev–Trinajstić information content (AvgIpc) is 3.02. The van der Waals surface area contributed by atoms with Crippen molar-refractivity contribution in [2.75, 3.05) is 0 Å². The summed E-state index contributed by atoms with van der Waals surface area (Å²) in [6, 6.07) is 21.8. The average molecular weight is 408 g/mol. The molecule has 0 saturated carbocycles. The van der Waals surface area contributed by atoms with Crippen molar-refractivity contribution in [1.82, 2.24) is 4.57 Å². The lowest BCUT2D eigenvalue weighted by Gasteiger charge is -2.08. The highest BCUT2D eigenvalue weighted by Crippen LogP contribution is 2.26. The van der Waals surface area contributed by atoms with Crippen molar-refractivity contribution >= 4 is 45.1 Å². The van der Waals surface area contributed by atoms with Crippen LogP contribution in [0.3, 0.4) is 0 Å². The standard InChI is InChI=1S/C22H14ClNO3S/c23-16-11-12-18-20(14-16)28-22(26)24(18)21(25)13-10-15-6-4-5-9-19(15)27-17-7-2-1-3-8-17/h1-14H/b13-10+. The van der Waals surface area contributed by atoms with Gasteiger partial charge in [0.15, 0.2) is 0 Å². The normalized spacial score (nSPS) is 11.2. The second-order valence-corrected chi connectivity index (χ2v) is 7.37. The van der Waals surface area contributed by atoms with Crippen molar-refractivity contribution in [3.63, 3.8) is 0 Å². The molecule has 1 heterocycles. The quantitative estimate of drug-likeness (QED) is 0.398. The fourth-order valence-corrected chi connectivity index (χ4v) is 3.92. The monoisotopic (exact) mass is 407 g/mol. The fraction of sp³-hybridized carbons (Fsp3) is 0. The predicted octanol–water partition coefficient (Wildman–Crippen LogP) is 5.86. The number of fused-ring (bicyclic) bond motifs is 1. The van der Waals surface area contributed by atoms with Crippen LogP contribution in [0.15, 0.2) is 83.7 Å². The van der Waals surface area contributed by atoms with Gasteiger partial charge in [-0.2, -0.15) is 0 Å². The minimum absolute atomic E-state index is 0.347. The van der Waals surface area contributed by atoms with Gasteiger partial charge in [0, 0.05) is 16.7 Å². The molecular weight excluding hydrogens is 394 g/mol. The molecule has 0 aliphatic heterocycles. The van der Waals surface area contributed by atoms with Crippen molar-refractivity contribution in [3.8, 4) is 11.5 Å². The van der Waals surface area contributed by atoms with Crippen LogP contribution < -0.4 is 9.61 Å². The molecule has 1 aromatic heterocycles. The molecule has 0 saturated heterocycles. The third kappa shape index (κ3) is 3.76. The summed E-state index contributed by atoms with van der Waals surface area (Å²) in [6.07, 6.45) is 3.02. The Balaban J connectivity index is 1.64. The maximum absolute atomic E-state index is 12.7. The van der Waals surface area contributed by atoms with Gasteiger partial charge in [0.1, 0.15) is 11.5 Å². The van der Waals surface area contributed by atoms with E-state index in [1.807, 2.05) is 54.6 Å². The number of hydrogen-bond donors (Lipinski definition) is 0. The first kappa shape index (κ1) is 18.2. The Bertz CT molecular complexity index is 1240. The number of thiazole rings is 1. The van der Waals surface area contributed by atoms with Crippen LogP contribution in [0, 0.1) is 0 Å². The molecule has 0 bridgehead atoms. The number of ether oxygens (including phenoxy) is 1. The Labute approximate surface area is 169 Å². The molecule has 138 valence electrons. The molecule has 4 aromatic rings. The molecule has 4 nitrogen and oxygen atoms in total. The Morgan fingerprint density at radius 1 is 1.00 bits per heavy atom. The largest absolute Gasteiger partial charge is 0.457 e. The number of carbonyl (C=O) groups is 1. The first-order chi connectivity index (χ1) is 13.6. The Hall–Kier alpha value is -3.15. The van der Waals surface area contributed by atoms with Crippen molar-refractivity contribution in [1.29, 1.82) is 0 Å². The van der Waals surface area contributed by atoms with E-state index in [4.69, 9.17) is 16.3 Å². The molecule has 0 N–H and O–H groups in total. The smallest absolute Gasteiger partial charge is 0.315 e. The summed E-state index contributed by atoms with van der Waals surface area (Å²) < 4.78 is 7.72. The van der Waals surface area contributed by atoms with Crippen molar-refractivity contribution in [3.05, 3.63) is 99.1 Å². The molecular formula is C22H14ClNO3S. The Morgan fingerprint density at radius 2 is 1.75 bits per heavy atom. The SMILES string of the molecule is O=C(/C=C/c1ccccc1Oc1ccccc1)n1c(=O)sc2cc(Cl)ccc21. The molecule has 0 aliphatic rings. The van der Waals surface area contributed by atoms with E-state index in [0.717, 1.165) is 21.5 Å². The highest BCUT2D eigenvalue weighted by atomic mass is 35.5. The Kier molecular flexibility index (Phi) is 5.10. The van der Waals surface area contributed by atoms with E-state index in [1.165, 1.54) is 6.08 Å². The number of benzene rings is 3. The van der Waals surface area contributed by atoms with E-state index < -0.39 is 5.91 Å². The van der Waals surface area contributed by atoms with Gasteiger partial charge in [-0.1, -0.05) is 59.3 Å². The number of aromatic nitrogens is 1. The first-order valence-corrected chi connectivity index (χ1v) is 9.67. The van der Waals surface area contributed by atoms with Crippen molar-refractivity contribution in [2.45, 2.75) is 0 Å². The topological polar surface area (TPSA) is 48.3 Å². The second-order valence-electron chi connectivity index (χ2n) is 5.94. The van der Waals surface area contributed by atoms with Crippen LogP contribution in [0.4, 0.5) is 0 Å². The summed E-state index contributed by atoms with van der Waals surface area (Å²) in [6.45, 7) is 0. The number of allylic oxidation sites excluding steroid dienone is 1. The molecule has 0 unspecified atom stereocenters. The molecule has 0 spiro atoms. The summed E-state index contributed by atoms with van der Waals surface area (Å²) in [5, 5.41) is 0.524. The van der Waals surface area contributed by atoms with Crippen molar-refractivity contribution in [2.24, 2.45) is 0 Å². The lowest BCUT2D eigenvalue weighted by Crippen LogP contribution is -2.19. The minimum Gasteiger partial charge on any atom is -0.457 e. The van der Waals surface area contributed by atoms with E-state index in [1.54, 1.807) is 24.3 Å². The van der Waals surface area contributed by atoms with E-state index in [-0.39, 0.29) is 4.87 Å². The van der Waals surface area contributed by atoms with Gasteiger partial charge in [-0.3, -0.25) is 9.59 Å². The van der Waals surface area contributed by atoms with Crippen LogP contribution in [0.1, 0.15) is 10.4 Å². The maximum Gasteiger partial charge on any atom is 0.315 e. The van der Waals surface area contributed by atoms with Gasteiger partial charge in [-0.05, 0) is 42.5 Å².